The number of fused-ring (bicyclic) bond motifs is 5. The van der Waals surface area contributed by atoms with Crippen LogP contribution in [-0.4, -0.2) is 6.21 Å². The van der Waals surface area contributed by atoms with Crippen LogP contribution in [0.2, 0.25) is 0 Å². The Morgan fingerprint density at radius 1 is 1.05 bits per heavy atom. The molecule has 2 aromatic carbocycles. The zero-order valence-corrected chi connectivity index (χ0v) is 11.2. The van der Waals surface area contributed by atoms with Crippen molar-refractivity contribution in [2.75, 3.05) is 0 Å². The molecule has 3 nitrogen and oxygen atoms in total. The lowest BCUT2D eigenvalue weighted by Gasteiger charge is -2.08. The van der Waals surface area contributed by atoms with E-state index in [4.69, 9.17) is 4.42 Å². The van der Waals surface area contributed by atoms with Crippen LogP contribution >= 0.6 is 11.8 Å². The van der Waals surface area contributed by atoms with E-state index in [2.05, 4.69) is 4.99 Å². The Bertz CT molecular complexity index is 954. The minimum Gasteiger partial charge on any atom is -0.422 e. The average Bonchev–Trinajstić information content (AvgIpc) is 2.72. The molecule has 0 saturated carbocycles. The van der Waals surface area contributed by atoms with E-state index in [1.165, 1.54) is 0 Å². The number of rotatable bonds is 0. The van der Waals surface area contributed by atoms with Gasteiger partial charge in [0.05, 0.1) is 11.1 Å². The van der Waals surface area contributed by atoms with Crippen LogP contribution in [0.1, 0.15) is 0 Å². The first-order chi connectivity index (χ1) is 9.84. The Balaban J connectivity index is 2.29. The van der Waals surface area contributed by atoms with Crippen LogP contribution in [0.25, 0.3) is 21.7 Å². The third kappa shape index (κ3) is 1.62. The van der Waals surface area contributed by atoms with Gasteiger partial charge in [0.15, 0.2) is 0 Å². The van der Waals surface area contributed by atoms with Crippen molar-refractivity contribution in [3.05, 3.63) is 58.3 Å². The molecule has 4 heteroatoms. The first kappa shape index (κ1) is 11.5. The van der Waals surface area contributed by atoms with Gasteiger partial charge in [0, 0.05) is 21.9 Å². The monoisotopic (exact) mass is 279 g/mol. The van der Waals surface area contributed by atoms with Crippen molar-refractivity contribution >= 4 is 45.4 Å². The van der Waals surface area contributed by atoms with Gasteiger partial charge in [0.25, 0.3) is 0 Å². The van der Waals surface area contributed by atoms with E-state index in [1.54, 1.807) is 24.0 Å². The maximum Gasteiger partial charge on any atom is 0.344 e. The second-order valence-electron chi connectivity index (χ2n) is 4.45. The lowest BCUT2D eigenvalue weighted by molar-refractivity contribution is 0.569. The summed E-state index contributed by atoms with van der Waals surface area (Å²) in [6.45, 7) is 0. The zero-order valence-electron chi connectivity index (χ0n) is 10.4. The van der Waals surface area contributed by atoms with E-state index in [1.807, 2.05) is 41.8 Å². The molecule has 0 radical (unpaired) electrons. The molecule has 0 spiro atoms. The van der Waals surface area contributed by atoms with Gasteiger partial charge in [-0.25, -0.2) is 4.79 Å². The predicted octanol–water partition coefficient (Wildman–Crippen LogP) is 4.27. The minimum atomic E-state index is -0.306. The molecule has 2 heterocycles. The van der Waals surface area contributed by atoms with Crippen molar-refractivity contribution in [1.29, 1.82) is 0 Å². The molecule has 0 bridgehead atoms. The maximum absolute atomic E-state index is 12.1. The van der Waals surface area contributed by atoms with E-state index in [0.717, 1.165) is 21.4 Å². The number of aliphatic imine (C=N–C) groups is 1. The van der Waals surface area contributed by atoms with Gasteiger partial charge in [-0.05, 0) is 29.7 Å². The largest absolute Gasteiger partial charge is 0.422 e. The van der Waals surface area contributed by atoms with Crippen LogP contribution in [0, 0.1) is 0 Å². The lowest BCUT2D eigenvalue weighted by atomic mass is 10.1. The van der Waals surface area contributed by atoms with E-state index in [9.17, 15) is 4.79 Å². The number of nitrogens with zero attached hydrogens (tertiary/aromatic N) is 1. The number of para-hydroxylation sites is 1. The van der Waals surface area contributed by atoms with Gasteiger partial charge in [-0.1, -0.05) is 30.0 Å². The summed E-state index contributed by atoms with van der Waals surface area (Å²) < 4.78 is 5.38. The number of allylic oxidation sites excluding steroid dienone is 1. The van der Waals surface area contributed by atoms with Gasteiger partial charge in [0.2, 0.25) is 0 Å². The quantitative estimate of drug-likeness (QED) is 0.456. The van der Waals surface area contributed by atoms with Crippen molar-refractivity contribution in [3.8, 4) is 0 Å². The van der Waals surface area contributed by atoms with Crippen LogP contribution < -0.4 is 5.63 Å². The van der Waals surface area contributed by atoms with Gasteiger partial charge < -0.3 is 4.42 Å². The molecule has 96 valence electrons. The Morgan fingerprint density at radius 3 is 2.90 bits per heavy atom. The minimum absolute atomic E-state index is 0.306. The summed E-state index contributed by atoms with van der Waals surface area (Å²) in [5.74, 6) is 0. The summed E-state index contributed by atoms with van der Waals surface area (Å²) >= 11 is 1.58. The van der Waals surface area contributed by atoms with Crippen molar-refractivity contribution in [1.82, 2.24) is 0 Å². The second kappa shape index (κ2) is 4.35. The first-order valence-electron chi connectivity index (χ1n) is 6.19. The Labute approximate surface area is 118 Å². The van der Waals surface area contributed by atoms with Crippen LogP contribution in [0.4, 0.5) is 5.69 Å². The highest BCUT2D eigenvalue weighted by Gasteiger charge is 2.14. The van der Waals surface area contributed by atoms with E-state index >= 15 is 0 Å². The Hall–Kier alpha value is -2.33. The summed E-state index contributed by atoms with van der Waals surface area (Å²) in [7, 11) is 0. The molecule has 3 aromatic rings. The Morgan fingerprint density at radius 2 is 1.95 bits per heavy atom. The molecule has 1 aliphatic rings. The van der Waals surface area contributed by atoms with E-state index in [0.29, 0.717) is 11.0 Å². The fourth-order valence-electron chi connectivity index (χ4n) is 2.41. The molecule has 0 N–H and O–H groups in total. The average molecular weight is 279 g/mol. The Kier molecular flexibility index (Phi) is 2.50. The number of thioether (sulfide) groups is 1. The van der Waals surface area contributed by atoms with Crippen LogP contribution in [-0.2, 0) is 0 Å². The molecular formula is C16H9NO2S. The van der Waals surface area contributed by atoms with Crippen molar-refractivity contribution in [2.45, 2.75) is 4.90 Å². The number of benzene rings is 2. The molecule has 1 aliphatic heterocycles. The summed E-state index contributed by atoms with van der Waals surface area (Å²) in [5, 5.41) is 4.43. The third-order valence-electron chi connectivity index (χ3n) is 3.28. The zero-order chi connectivity index (χ0) is 13.5. The van der Waals surface area contributed by atoms with E-state index in [-0.39, 0.29) is 5.63 Å². The van der Waals surface area contributed by atoms with Crippen molar-refractivity contribution in [3.63, 3.8) is 0 Å². The first-order valence-corrected chi connectivity index (χ1v) is 7.07. The van der Waals surface area contributed by atoms with Crippen molar-refractivity contribution in [2.24, 2.45) is 4.99 Å². The van der Waals surface area contributed by atoms with Gasteiger partial charge in [0.1, 0.15) is 5.58 Å². The molecule has 0 unspecified atom stereocenters. The fraction of sp³-hybridized carbons (Fsp3) is 0. The van der Waals surface area contributed by atoms with Gasteiger partial charge in [-0.15, -0.1) is 0 Å². The smallest absolute Gasteiger partial charge is 0.344 e. The summed E-state index contributed by atoms with van der Waals surface area (Å²) in [4.78, 5) is 17.5. The summed E-state index contributed by atoms with van der Waals surface area (Å²) in [6, 6.07) is 11.2. The van der Waals surface area contributed by atoms with Gasteiger partial charge >= 0.3 is 5.63 Å². The van der Waals surface area contributed by atoms with Gasteiger partial charge in [-0.2, -0.15) is 0 Å². The lowest BCUT2D eigenvalue weighted by Crippen LogP contribution is -2.00. The topological polar surface area (TPSA) is 42.6 Å². The predicted molar refractivity (Wildman–Crippen MR) is 83.1 cm³/mol. The standard InChI is InChI=1S/C16H9NO2S/c18-16-11-6-7-12-15(20-9-3-8-17-12)14(11)10-4-1-2-5-13(10)19-16/h1-9H. The number of hydrogen-bond acceptors (Lipinski definition) is 4. The second-order valence-corrected chi connectivity index (χ2v) is 5.36. The maximum atomic E-state index is 12.1. The highest BCUT2D eigenvalue weighted by Crippen LogP contribution is 2.40. The number of hydrogen-bond donors (Lipinski definition) is 0. The molecule has 0 fully saturated rings. The molecule has 0 aliphatic carbocycles. The molecule has 1 aromatic heterocycles. The van der Waals surface area contributed by atoms with E-state index < -0.39 is 0 Å². The SMILES string of the molecule is O=c1oc2ccccc2c2c3c(ccc12)N=CC=CS3. The molecular weight excluding hydrogens is 270 g/mol. The fourth-order valence-corrected chi connectivity index (χ4v) is 3.28. The molecule has 0 saturated heterocycles. The molecule has 4 rings (SSSR count). The van der Waals surface area contributed by atoms with Crippen LogP contribution in [0.5, 0.6) is 0 Å². The van der Waals surface area contributed by atoms with Crippen LogP contribution in [0.3, 0.4) is 0 Å². The highest BCUT2D eigenvalue weighted by molar-refractivity contribution is 8.02. The molecule has 0 amide bonds. The summed E-state index contributed by atoms with van der Waals surface area (Å²) in [5.41, 5.74) is 1.18. The van der Waals surface area contributed by atoms with Crippen molar-refractivity contribution < 1.29 is 4.42 Å². The molecule has 20 heavy (non-hydrogen) atoms. The highest BCUT2D eigenvalue weighted by atomic mass is 32.2. The third-order valence-corrected chi connectivity index (χ3v) is 4.22. The molecule has 0 atom stereocenters. The van der Waals surface area contributed by atoms with Gasteiger partial charge in [-0.3, -0.25) is 4.99 Å². The summed E-state index contributed by atoms with van der Waals surface area (Å²) in [6.07, 6.45) is 3.66. The van der Waals surface area contributed by atoms with Crippen LogP contribution in [0.15, 0.2) is 67.0 Å². The normalized spacial score (nSPS) is 13.6.